The summed E-state index contributed by atoms with van der Waals surface area (Å²) >= 11 is 0. The number of aryl methyl sites for hydroxylation is 1. The highest BCUT2D eigenvalue weighted by Gasteiger charge is 2.23. The van der Waals surface area contributed by atoms with Crippen molar-refractivity contribution in [1.82, 2.24) is 4.90 Å². The van der Waals surface area contributed by atoms with E-state index in [0.29, 0.717) is 12.5 Å². The first-order valence-corrected chi connectivity index (χ1v) is 8.84. The Hall–Kier alpha value is -2.29. The molecule has 1 aliphatic heterocycles. The molecule has 0 aliphatic carbocycles. The molecule has 3 rings (SSSR count). The van der Waals surface area contributed by atoms with Crippen LogP contribution in [-0.2, 0) is 11.3 Å². The summed E-state index contributed by atoms with van der Waals surface area (Å²) in [6.45, 7) is 5.73. The second-order valence-corrected chi connectivity index (χ2v) is 6.80. The van der Waals surface area contributed by atoms with Gasteiger partial charge in [0.1, 0.15) is 0 Å². The smallest absolute Gasteiger partial charge is 0.225 e. The normalized spacial score (nSPS) is 18.3. The lowest BCUT2D eigenvalue weighted by atomic mass is 10.1. The molecule has 1 amide bonds. The SMILES string of the molecule is Cc1ccccc1Nc1cccc(CN2CCCC[C@H](C)C2=O)c1. The fourth-order valence-electron chi connectivity index (χ4n) is 3.29. The van der Waals surface area contributed by atoms with Gasteiger partial charge in [0.05, 0.1) is 0 Å². The van der Waals surface area contributed by atoms with Gasteiger partial charge in [-0.25, -0.2) is 0 Å². The fraction of sp³-hybridized carbons (Fsp3) is 0.381. The van der Waals surface area contributed by atoms with Gasteiger partial charge in [0.25, 0.3) is 0 Å². The van der Waals surface area contributed by atoms with Crippen molar-refractivity contribution in [3.05, 3.63) is 59.7 Å². The first-order valence-electron chi connectivity index (χ1n) is 8.84. The summed E-state index contributed by atoms with van der Waals surface area (Å²) < 4.78 is 0. The predicted octanol–water partition coefficient (Wildman–Crippen LogP) is 4.89. The predicted molar refractivity (Wildman–Crippen MR) is 99.3 cm³/mol. The number of para-hydroxylation sites is 1. The van der Waals surface area contributed by atoms with E-state index in [-0.39, 0.29) is 5.92 Å². The summed E-state index contributed by atoms with van der Waals surface area (Å²) in [7, 11) is 0. The molecular weight excluding hydrogens is 296 g/mol. The van der Waals surface area contributed by atoms with Crippen LogP contribution in [0.15, 0.2) is 48.5 Å². The summed E-state index contributed by atoms with van der Waals surface area (Å²) in [6, 6.07) is 16.6. The highest BCUT2D eigenvalue weighted by atomic mass is 16.2. The number of likely N-dealkylation sites (tertiary alicyclic amines) is 1. The highest BCUT2D eigenvalue weighted by Crippen LogP contribution is 2.23. The number of carbonyl (C=O) groups is 1. The van der Waals surface area contributed by atoms with Crippen LogP contribution in [0.5, 0.6) is 0 Å². The summed E-state index contributed by atoms with van der Waals surface area (Å²) in [4.78, 5) is 14.5. The lowest BCUT2D eigenvalue weighted by Crippen LogP contribution is -2.33. The maximum absolute atomic E-state index is 12.5. The number of nitrogens with one attached hydrogen (secondary N) is 1. The van der Waals surface area contributed by atoms with E-state index in [9.17, 15) is 4.79 Å². The Labute approximate surface area is 144 Å². The molecule has 1 atom stereocenters. The van der Waals surface area contributed by atoms with Crippen LogP contribution in [0.3, 0.4) is 0 Å². The summed E-state index contributed by atoms with van der Waals surface area (Å²) in [5, 5.41) is 3.48. The van der Waals surface area contributed by atoms with Crippen LogP contribution in [0.25, 0.3) is 0 Å². The number of anilines is 2. The molecule has 1 heterocycles. The van der Waals surface area contributed by atoms with E-state index >= 15 is 0 Å². The number of carbonyl (C=O) groups excluding carboxylic acids is 1. The van der Waals surface area contributed by atoms with Crippen LogP contribution in [0, 0.1) is 12.8 Å². The molecule has 2 aromatic rings. The third-order valence-corrected chi connectivity index (χ3v) is 4.77. The molecule has 0 saturated carbocycles. The van der Waals surface area contributed by atoms with Crippen LogP contribution < -0.4 is 5.32 Å². The van der Waals surface area contributed by atoms with Crippen LogP contribution in [0.2, 0.25) is 0 Å². The van der Waals surface area contributed by atoms with E-state index in [0.717, 1.165) is 37.2 Å². The zero-order chi connectivity index (χ0) is 16.9. The van der Waals surface area contributed by atoms with Crippen molar-refractivity contribution in [3.8, 4) is 0 Å². The standard InChI is InChI=1S/C21H26N2O/c1-16-8-3-4-12-20(16)22-19-11-7-10-18(14-19)15-23-13-6-5-9-17(2)21(23)24/h3-4,7-8,10-12,14,17,22H,5-6,9,13,15H2,1-2H3/t17-/m0/s1. The summed E-state index contributed by atoms with van der Waals surface area (Å²) in [6.07, 6.45) is 3.28. The first kappa shape index (κ1) is 16.6. The lowest BCUT2D eigenvalue weighted by Gasteiger charge is -2.23. The van der Waals surface area contributed by atoms with E-state index in [1.54, 1.807) is 0 Å². The minimum absolute atomic E-state index is 0.153. The number of hydrogen-bond donors (Lipinski definition) is 1. The van der Waals surface area contributed by atoms with Crippen LogP contribution in [-0.4, -0.2) is 17.4 Å². The van der Waals surface area contributed by atoms with Gasteiger partial charge in [-0.2, -0.15) is 0 Å². The molecule has 3 nitrogen and oxygen atoms in total. The average Bonchev–Trinajstić information content (AvgIpc) is 2.73. The molecule has 0 bridgehead atoms. The summed E-state index contributed by atoms with van der Waals surface area (Å²) in [5.41, 5.74) is 4.58. The number of hydrogen-bond acceptors (Lipinski definition) is 2. The Morgan fingerprint density at radius 2 is 1.96 bits per heavy atom. The van der Waals surface area contributed by atoms with Crippen molar-refractivity contribution < 1.29 is 4.79 Å². The number of nitrogens with zero attached hydrogens (tertiary/aromatic N) is 1. The average molecular weight is 322 g/mol. The minimum atomic E-state index is 0.153. The van der Waals surface area contributed by atoms with Crippen molar-refractivity contribution in [2.75, 3.05) is 11.9 Å². The molecule has 1 aliphatic rings. The maximum Gasteiger partial charge on any atom is 0.225 e. The highest BCUT2D eigenvalue weighted by molar-refractivity contribution is 5.78. The van der Waals surface area contributed by atoms with Crippen molar-refractivity contribution >= 4 is 17.3 Å². The molecule has 3 heteroatoms. The quantitative estimate of drug-likeness (QED) is 0.869. The van der Waals surface area contributed by atoms with E-state index < -0.39 is 0 Å². The maximum atomic E-state index is 12.5. The number of amides is 1. The Kier molecular flexibility index (Phi) is 5.19. The zero-order valence-electron chi connectivity index (χ0n) is 14.6. The second kappa shape index (κ2) is 7.52. The van der Waals surface area contributed by atoms with Gasteiger partial charge in [0.2, 0.25) is 5.91 Å². The molecule has 1 saturated heterocycles. The summed E-state index contributed by atoms with van der Waals surface area (Å²) in [5.74, 6) is 0.450. The van der Waals surface area contributed by atoms with Gasteiger partial charge in [-0.1, -0.05) is 43.7 Å². The van der Waals surface area contributed by atoms with E-state index in [2.05, 4.69) is 55.6 Å². The number of benzene rings is 2. The minimum Gasteiger partial charge on any atom is -0.355 e. The van der Waals surface area contributed by atoms with Crippen LogP contribution in [0.4, 0.5) is 11.4 Å². The largest absolute Gasteiger partial charge is 0.355 e. The van der Waals surface area contributed by atoms with Gasteiger partial charge in [-0.05, 0) is 49.1 Å². The van der Waals surface area contributed by atoms with Crippen molar-refractivity contribution in [1.29, 1.82) is 0 Å². The molecule has 0 radical (unpaired) electrons. The Morgan fingerprint density at radius 1 is 1.12 bits per heavy atom. The molecule has 126 valence electrons. The molecular formula is C21H26N2O. The molecule has 0 unspecified atom stereocenters. The molecule has 24 heavy (non-hydrogen) atoms. The Bertz CT molecular complexity index is 710. The van der Waals surface area contributed by atoms with Crippen LogP contribution in [0.1, 0.15) is 37.3 Å². The third kappa shape index (κ3) is 3.97. The second-order valence-electron chi connectivity index (χ2n) is 6.80. The van der Waals surface area contributed by atoms with Gasteiger partial charge >= 0.3 is 0 Å². The van der Waals surface area contributed by atoms with Crippen molar-refractivity contribution in [2.45, 2.75) is 39.7 Å². The van der Waals surface area contributed by atoms with Gasteiger partial charge < -0.3 is 10.2 Å². The topological polar surface area (TPSA) is 32.3 Å². The van der Waals surface area contributed by atoms with E-state index in [4.69, 9.17) is 0 Å². The Morgan fingerprint density at radius 3 is 2.79 bits per heavy atom. The molecule has 1 fully saturated rings. The van der Waals surface area contributed by atoms with Gasteiger partial charge in [-0.15, -0.1) is 0 Å². The fourth-order valence-corrected chi connectivity index (χ4v) is 3.29. The van der Waals surface area contributed by atoms with Gasteiger partial charge in [0.15, 0.2) is 0 Å². The van der Waals surface area contributed by atoms with Crippen molar-refractivity contribution in [2.24, 2.45) is 5.92 Å². The molecule has 0 aromatic heterocycles. The Balaban J connectivity index is 1.73. The molecule has 1 N–H and O–H groups in total. The lowest BCUT2D eigenvalue weighted by molar-refractivity contribution is -0.134. The van der Waals surface area contributed by atoms with E-state index in [1.165, 1.54) is 11.1 Å². The molecule has 0 spiro atoms. The monoisotopic (exact) mass is 322 g/mol. The zero-order valence-corrected chi connectivity index (χ0v) is 14.6. The van der Waals surface area contributed by atoms with E-state index in [1.807, 2.05) is 17.0 Å². The van der Waals surface area contributed by atoms with Crippen LogP contribution >= 0.6 is 0 Å². The first-order chi connectivity index (χ1) is 11.6. The third-order valence-electron chi connectivity index (χ3n) is 4.77. The van der Waals surface area contributed by atoms with Gasteiger partial charge in [0, 0.05) is 30.4 Å². The molecule has 2 aromatic carbocycles. The van der Waals surface area contributed by atoms with Gasteiger partial charge in [-0.3, -0.25) is 4.79 Å². The number of rotatable bonds is 4. The van der Waals surface area contributed by atoms with Crippen molar-refractivity contribution in [3.63, 3.8) is 0 Å².